The maximum Gasteiger partial charge on any atom is 0.245 e. The van der Waals surface area contributed by atoms with Gasteiger partial charge in [-0.15, -0.1) is 11.3 Å². The molecule has 1 aliphatic rings. The van der Waals surface area contributed by atoms with Crippen LogP contribution in [0, 0.1) is 0 Å². The SMILES string of the molecule is O=C(CNc1ccc(Br)cc1)Nc1nc2c(s1)CCCCCCCCCC2. The number of hydrogen-bond acceptors (Lipinski definition) is 4. The van der Waals surface area contributed by atoms with Gasteiger partial charge in [-0.2, -0.15) is 0 Å². The Morgan fingerprint density at radius 1 is 0.963 bits per heavy atom. The highest BCUT2D eigenvalue weighted by Crippen LogP contribution is 2.27. The number of rotatable bonds is 4. The Balaban J connectivity index is 1.55. The Hall–Kier alpha value is -1.40. The lowest BCUT2D eigenvalue weighted by Gasteiger charge is -2.06. The molecular weight excluding hydrogens is 422 g/mol. The highest BCUT2D eigenvalue weighted by molar-refractivity contribution is 9.10. The number of hydrogen-bond donors (Lipinski definition) is 2. The van der Waals surface area contributed by atoms with Gasteiger partial charge in [-0.3, -0.25) is 4.79 Å². The van der Waals surface area contributed by atoms with Crippen LogP contribution < -0.4 is 10.6 Å². The number of aryl methyl sites for hydroxylation is 2. The highest BCUT2D eigenvalue weighted by Gasteiger charge is 2.13. The van der Waals surface area contributed by atoms with Gasteiger partial charge in [0.2, 0.25) is 5.91 Å². The van der Waals surface area contributed by atoms with E-state index in [1.165, 1.54) is 61.9 Å². The van der Waals surface area contributed by atoms with Gasteiger partial charge in [0.1, 0.15) is 0 Å². The van der Waals surface area contributed by atoms with E-state index in [0.29, 0.717) is 0 Å². The average Bonchev–Trinajstić information content (AvgIpc) is 3.02. The summed E-state index contributed by atoms with van der Waals surface area (Å²) < 4.78 is 1.02. The van der Waals surface area contributed by atoms with Crippen LogP contribution in [-0.2, 0) is 17.6 Å². The van der Waals surface area contributed by atoms with Crippen LogP contribution >= 0.6 is 27.3 Å². The fraction of sp³-hybridized carbons (Fsp3) is 0.524. The number of thiazole rings is 1. The quantitative estimate of drug-likeness (QED) is 0.585. The zero-order valence-electron chi connectivity index (χ0n) is 15.7. The predicted molar refractivity (Wildman–Crippen MR) is 118 cm³/mol. The van der Waals surface area contributed by atoms with Crippen molar-refractivity contribution in [2.45, 2.75) is 64.2 Å². The third kappa shape index (κ3) is 6.92. The van der Waals surface area contributed by atoms with Gasteiger partial charge in [0.15, 0.2) is 5.13 Å². The van der Waals surface area contributed by atoms with Crippen molar-refractivity contribution in [1.29, 1.82) is 0 Å². The summed E-state index contributed by atoms with van der Waals surface area (Å²) in [6.07, 6.45) is 12.6. The number of nitrogens with one attached hydrogen (secondary N) is 2. The third-order valence-electron chi connectivity index (χ3n) is 4.89. The van der Waals surface area contributed by atoms with E-state index in [-0.39, 0.29) is 12.5 Å². The van der Waals surface area contributed by atoms with Crippen molar-refractivity contribution < 1.29 is 4.79 Å². The summed E-state index contributed by atoms with van der Waals surface area (Å²) in [7, 11) is 0. The van der Waals surface area contributed by atoms with Crippen LogP contribution in [0.1, 0.15) is 61.9 Å². The van der Waals surface area contributed by atoms with Crippen LogP contribution in [0.2, 0.25) is 0 Å². The second-order valence-corrected chi connectivity index (χ2v) is 9.13. The number of fused-ring (bicyclic) bond motifs is 1. The fourth-order valence-electron chi connectivity index (χ4n) is 3.38. The Labute approximate surface area is 174 Å². The first-order chi connectivity index (χ1) is 13.2. The zero-order valence-corrected chi connectivity index (χ0v) is 18.1. The smallest absolute Gasteiger partial charge is 0.245 e. The number of benzene rings is 1. The van der Waals surface area contributed by atoms with E-state index in [9.17, 15) is 4.79 Å². The lowest BCUT2D eigenvalue weighted by atomic mass is 10.0. The maximum absolute atomic E-state index is 12.3. The molecule has 146 valence electrons. The van der Waals surface area contributed by atoms with Crippen molar-refractivity contribution in [3.8, 4) is 0 Å². The van der Waals surface area contributed by atoms with E-state index in [1.807, 2.05) is 24.3 Å². The Morgan fingerprint density at radius 3 is 2.30 bits per heavy atom. The number of carbonyl (C=O) groups is 1. The van der Waals surface area contributed by atoms with E-state index in [4.69, 9.17) is 4.98 Å². The van der Waals surface area contributed by atoms with Crippen LogP contribution in [0.5, 0.6) is 0 Å². The van der Waals surface area contributed by atoms with Crippen LogP contribution in [0.3, 0.4) is 0 Å². The lowest BCUT2D eigenvalue weighted by Crippen LogP contribution is -2.21. The van der Waals surface area contributed by atoms with Gasteiger partial charge in [-0.05, 0) is 49.9 Å². The summed E-state index contributed by atoms with van der Waals surface area (Å²) in [4.78, 5) is 18.4. The molecule has 0 fully saturated rings. The molecule has 1 aliphatic carbocycles. The van der Waals surface area contributed by atoms with Crippen LogP contribution in [0.25, 0.3) is 0 Å². The molecule has 0 aliphatic heterocycles. The first-order valence-corrected chi connectivity index (χ1v) is 11.6. The Kier molecular flexibility index (Phi) is 8.14. The monoisotopic (exact) mass is 449 g/mol. The molecule has 0 radical (unpaired) electrons. The van der Waals surface area contributed by atoms with E-state index in [0.717, 1.165) is 28.1 Å². The summed E-state index contributed by atoms with van der Waals surface area (Å²) in [6.45, 7) is 0.242. The van der Waals surface area contributed by atoms with Crippen molar-refractivity contribution in [1.82, 2.24) is 4.98 Å². The number of carbonyl (C=O) groups excluding carboxylic acids is 1. The van der Waals surface area contributed by atoms with Crippen molar-refractivity contribution >= 4 is 44.0 Å². The van der Waals surface area contributed by atoms with Gasteiger partial charge < -0.3 is 10.6 Å². The molecule has 0 atom stereocenters. The molecule has 0 saturated heterocycles. The summed E-state index contributed by atoms with van der Waals surface area (Å²) in [6, 6.07) is 7.81. The second-order valence-electron chi connectivity index (χ2n) is 7.13. The first-order valence-electron chi connectivity index (χ1n) is 9.98. The Bertz CT molecular complexity index is 700. The number of amides is 1. The maximum atomic E-state index is 12.3. The van der Waals surface area contributed by atoms with E-state index in [2.05, 4.69) is 26.6 Å². The summed E-state index contributed by atoms with van der Waals surface area (Å²) in [5, 5.41) is 6.87. The lowest BCUT2D eigenvalue weighted by molar-refractivity contribution is -0.114. The minimum absolute atomic E-state index is 0.0531. The molecule has 0 bridgehead atoms. The molecule has 1 aromatic heterocycles. The number of anilines is 2. The molecule has 6 heteroatoms. The van der Waals surface area contributed by atoms with Gasteiger partial charge in [0.05, 0.1) is 12.2 Å². The Morgan fingerprint density at radius 2 is 1.59 bits per heavy atom. The van der Waals surface area contributed by atoms with Gasteiger partial charge in [-0.25, -0.2) is 4.98 Å². The topological polar surface area (TPSA) is 54.0 Å². The molecular formula is C21H28BrN3OS. The summed E-state index contributed by atoms with van der Waals surface area (Å²) >= 11 is 5.07. The molecule has 0 spiro atoms. The van der Waals surface area contributed by atoms with E-state index >= 15 is 0 Å². The molecule has 1 heterocycles. The molecule has 2 N–H and O–H groups in total. The van der Waals surface area contributed by atoms with E-state index < -0.39 is 0 Å². The van der Waals surface area contributed by atoms with Crippen molar-refractivity contribution in [3.63, 3.8) is 0 Å². The number of aromatic nitrogens is 1. The number of halogens is 1. The van der Waals surface area contributed by atoms with Crippen LogP contribution in [-0.4, -0.2) is 17.4 Å². The van der Waals surface area contributed by atoms with Crippen molar-refractivity contribution in [2.24, 2.45) is 0 Å². The van der Waals surface area contributed by atoms with Gasteiger partial charge in [-0.1, -0.05) is 54.5 Å². The first kappa shape index (κ1) is 20.3. The largest absolute Gasteiger partial charge is 0.376 e. The van der Waals surface area contributed by atoms with Crippen LogP contribution in [0.4, 0.5) is 10.8 Å². The molecule has 0 saturated carbocycles. The average molecular weight is 450 g/mol. The third-order valence-corrected chi connectivity index (χ3v) is 6.49. The molecule has 0 unspecified atom stereocenters. The number of nitrogens with zero attached hydrogens (tertiary/aromatic N) is 1. The predicted octanol–water partition coefficient (Wildman–Crippen LogP) is 6.18. The minimum Gasteiger partial charge on any atom is -0.376 e. The van der Waals surface area contributed by atoms with E-state index in [1.54, 1.807) is 11.3 Å². The molecule has 4 nitrogen and oxygen atoms in total. The van der Waals surface area contributed by atoms with Gasteiger partial charge in [0.25, 0.3) is 0 Å². The van der Waals surface area contributed by atoms with Crippen LogP contribution in [0.15, 0.2) is 28.7 Å². The molecule has 2 aromatic rings. The van der Waals surface area contributed by atoms with Crippen molar-refractivity contribution in [3.05, 3.63) is 39.3 Å². The van der Waals surface area contributed by atoms with Gasteiger partial charge in [0, 0.05) is 15.0 Å². The standard InChI is InChI=1S/C21H28BrN3OS/c22-16-11-13-17(14-12-16)23-15-20(26)25-21-24-18-9-7-5-3-1-2-4-6-8-10-19(18)27-21/h11-14,23H,1-10,15H2,(H,24,25,26). The summed E-state index contributed by atoms with van der Waals surface area (Å²) in [5.74, 6) is -0.0531. The minimum atomic E-state index is -0.0531. The normalized spacial score (nSPS) is 15.9. The second kappa shape index (κ2) is 10.8. The van der Waals surface area contributed by atoms with Crippen molar-refractivity contribution in [2.75, 3.05) is 17.2 Å². The molecule has 27 heavy (non-hydrogen) atoms. The zero-order chi connectivity index (χ0) is 18.9. The molecule has 1 aromatic carbocycles. The highest BCUT2D eigenvalue weighted by atomic mass is 79.9. The summed E-state index contributed by atoms with van der Waals surface area (Å²) in [5.41, 5.74) is 2.14. The van der Waals surface area contributed by atoms with Gasteiger partial charge >= 0.3 is 0 Å². The fourth-order valence-corrected chi connectivity index (χ4v) is 4.71. The molecule has 1 amide bonds. The molecule has 3 rings (SSSR count).